The fourth-order valence-corrected chi connectivity index (χ4v) is 0.778. The summed E-state index contributed by atoms with van der Waals surface area (Å²) in [5.74, 6) is 0. The normalized spacial score (nSPS) is 13.1. The number of allylic oxidation sites excluding steroid dienone is 4. The zero-order valence-corrected chi connectivity index (χ0v) is 8.12. The third-order valence-corrected chi connectivity index (χ3v) is 1.53. The SMILES string of the molecule is C/C=C\C=C/CC(=CN)N(C)C. The molecule has 0 atom stereocenters. The zero-order valence-electron chi connectivity index (χ0n) is 8.12. The lowest BCUT2D eigenvalue weighted by atomic mass is 10.3. The molecule has 0 fully saturated rings. The summed E-state index contributed by atoms with van der Waals surface area (Å²) < 4.78 is 0. The van der Waals surface area contributed by atoms with Gasteiger partial charge in [0.1, 0.15) is 0 Å². The Morgan fingerprint density at radius 2 is 2.00 bits per heavy atom. The fraction of sp³-hybridized carbons (Fsp3) is 0.400. The van der Waals surface area contributed by atoms with Crippen LogP contribution in [-0.2, 0) is 0 Å². The minimum Gasteiger partial charge on any atom is -0.403 e. The lowest BCUT2D eigenvalue weighted by Crippen LogP contribution is -2.11. The van der Waals surface area contributed by atoms with Crippen LogP contribution in [0.1, 0.15) is 13.3 Å². The quantitative estimate of drug-likeness (QED) is 0.646. The maximum Gasteiger partial charge on any atom is 0.0323 e. The lowest BCUT2D eigenvalue weighted by Gasteiger charge is -2.14. The summed E-state index contributed by atoms with van der Waals surface area (Å²) in [6, 6.07) is 0. The van der Waals surface area contributed by atoms with Crippen LogP contribution in [0.4, 0.5) is 0 Å². The third-order valence-electron chi connectivity index (χ3n) is 1.53. The summed E-state index contributed by atoms with van der Waals surface area (Å²) >= 11 is 0. The molecule has 0 saturated heterocycles. The van der Waals surface area contributed by atoms with Gasteiger partial charge in [-0.3, -0.25) is 0 Å². The first-order chi connectivity index (χ1) is 5.72. The molecule has 0 bridgehead atoms. The van der Waals surface area contributed by atoms with Crippen LogP contribution in [0.15, 0.2) is 36.2 Å². The van der Waals surface area contributed by atoms with Gasteiger partial charge in [0.15, 0.2) is 0 Å². The maximum atomic E-state index is 5.43. The molecule has 0 aliphatic heterocycles. The molecule has 2 N–H and O–H groups in total. The number of rotatable bonds is 4. The Kier molecular flexibility index (Phi) is 5.88. The van der Waals surface area contributed by atoms with Gasteiger partial charge < -0.3 is 10.6 Å². The van der Waals surface area contributed by atoms with Crippen molar-refractivity contribution in [3.8, 4) is 0 Å². The molecule has 0 amide bonds. The highest BCUT2D eigenvalue weighted by Gasteiger charge is 1.93. The van der Waals surface area contributed by atoms with Crippen LogP contribution in [0.25, 0.3) is 0 Å². The number of nitrogens with two attached hydrogens (primary N) is 1. The van der Waals surface area contributed by atoms with Crippen LogP contribution in [-0.4, -0.2) is 19.0 Å². The molecule has 0 aromatic rings. The molecule has 0 spiro atoms. The number of hydrogen-bond donors (Lipinski definition) is 1. The summed E-state index contributed by atoms with van der Waals surface area (Å²) in [7, 11) is 3.98. The fourth-order valence-electron chi connectivity index (χ4n) is 0.778. The highest BCUT2D eigenvalue weighted by Crippen LogP contribution is 2.03. The van der Waals surface area contributed by atoms with Gasteiger partial charge in [-0.2, -0.15) is 0 Å². The van der Waals surface area contributed by atoms with Crippen molar-refractivity contribution >= 4 is 0 Å². The Balaban J connectivity index is 3.90. The predicted octanol–water partition coefficient (Wildman–Crippen LogP) is 1.87. The van der Waals surface area contributed by atoms with E-state index in [-0.39, 0.29) is 0 Å². The number of hydrogen-bond acceptors (Lipinski definition) is 2. The monoisotopic (exact) mass is 166 g/mol. The lowest BCUT2D eigenvalue weighted by molar-refractivity contribution is 0.499. The molecule has 2 nitrogen and oxygen atoms in total. The maximum absolute atomic E-state index is 5.43. The largest absolute Gasteiger partial charge is 0.403 e. The Morgan fingerprint density at radius 1 is 1.33 bits per heavy atom. The summed E-state index contributed by atoms with van der Waals surface area (Å²) in [5.41, 5.74) is 6.55. The van der Waals surface area contributed by atoms with Gasteiger partial charge in [-0.1, -0.05) is 24.3 Å². The first-order valence-corrected chi connectivity index (χ1v) is 4.08. The Morgan fingerprint density at radius 3 is 2.42 bits per heavy atom. The van der Waals surface area contributed by atoms with E-state index in [1.54, 1.807) is 6.20 Å². The third kappa shape index (κ3) is 4.61. The summed E-state index contributed by atoms with van der Waals surface area (Å²) in [5, 5.41) is 0. The second kappa shape index (κ2) is 6.53. The first-order valence-electron chi connectivity index (χ1n) is 4.08. The van der Waals surface area contributed by atoms with Crippen molar-refractivity contribution in [1.82, 2.24) is 4.90 Å². The van der Waals surface area contributed by atoms with Gasteiger partial charge in [-0.15, -0.1) is 0 Å². The first kappa shape index (κ1) is 10.8. The van der Waals surface area contributed by atoms with Crippen LogP contribution < -0.4 is 5.73 Å². The Labute approximate surface area is 75.1 Å². The second-order valence-electron chi connectivity index (χ2n) is 2.71. The molecule has 0 unspecified atom stereocenters. The van der Waals surface area contributed by atoms with Gasteiger partial charge in [0.25, 0.3) is 0 Å². The van der Waals surface area contributed by atoms with E-state index in [0.29, 0.717) is 0 Å². The van der Waals surface area contributed by atoms with Gasteiger partial charge in [-0.25, -0.2) is 0 Å². The van der Waals surface area contributed by atoms with Gasteiger partial charge in [0.05, 0.1) is 0 Å². The van der Waals surface area contributed by atoms with Crippen molar-refractivity contribution < 1.29 is 0 Å². The molecule has 0 rings (SSSR count). The topological polar surface area (TPSA) is 29.3 Å². The number of nitrogens with zero attached hydrogens (tertiary/aromatic N) is 1. The molecule has 0 saturated carbocycles. The van der Waals surface area contributed by atoms with E-state index in [4.69, 9.17) is 5.73 Å². The molecule has 0 aliphatic carbocycles. The molecule has 0 heterocycles. The molecular weight excluding hydrogens is 148 g/mol. The van der Waals surface area contributed by atoms with Crippen molar-refractivity contribution in [1.29, 1.82) is 0 Å². The van der Waals surface area contributed by atoms with Crippen molar-refractivity contribution in [3.63, 3.8) is 0 Å². The molecule has 0 aromatic carbocycles. The van der Waals surface area contributed by atoms with E-state index in [0.717, 1.165) is 12.1 Å². The van der Waals surface area contributed by atoms with Gasteiger partial charge >= 0.3 is 0 Å². The van der Waals surface area contributed by atoms with Crippen molar-refractivity contribution in [3.05, 3.63) is 36.2 Å². The highest BCUT2D eigenvalue weighted by molar-refractivity contribution is 5.08. The van der Waals surface area contributed by atoms with Crippen LogP contribution in [0.2, 0.25) is 0 Å². The average molecular weight is 166 g/mol. The molecule has 0 aliphatic rings. The molecule has 0 radical (unpaired) electrons. The van der Waals surface area contributed by atoms with Crippen molar-refractivity contribution in [2.24, 2.45) is 5.73 Å². The molecule has 68 valence electrons. The van der Waals surface area contributed by atoms with E-state index >= 15 is 0 Å². The van der Waals surface area contributed by atoms with Crippen molar-refractivity contribution in [2.45, 2.75) is 13.3 Å². The average Bonchev–Trinajstić information content (AvgIpc) is 2.04. The standard InChI is InChI=1S/C10H18N2/c1-4-5-6-7-8-10(9-11)12(2)3/h4-7,9H,8,11H2,1-3H3/b5-4-,7-6-,10-9?. The summed E-state index contributed by atoms with van der Waals surface area (Å²) in [6.45, 7) is 2.00. The zero-order chi connectivity index (χ0) is 9.40. The minimum absolute atomic E-state index is 0.883. The van der Waals surface area contributed by atoms with Crippen LogP contribution in [0.3, 0.4) is 0 Å². The molecule has 2 heteroatoms. The molecule has 0 aromatic heterocycles. The van der Waals surface area contributed by atoms with E-state index in [1.165, 1.54) is 0 Å². The highest BCUT2D eigenvalue weighted by atomic mass is 15.1. The smallest absolute Gasteiger partial charge is 0.0323 e. The van der Waals surface area contributed by atoms with E-state index in [2.05, 4.69) is 6.08 Å². The molecular formula is C10H18N2. The molecule has 12 heavy (non-hydrogen) atoms. The Bertz CT molecular complexity index is 188. The van der Waals surface area contributed by atoms with Crippen LogP contribution >= 0.6 is 0 Å². The van der Waals surface area contributed by atoms with Gasteiger partial charge in [0, 0.05) is 32.4 Å². The summed E-state index contributed by atoms with van der Waals surface area (Å²) in [4.78, 5) is 2.01. The summed E-state index contributed by atoms with van der Waals surface area (Å²) in [6.07, 6.45) is 10.6. The van der Waals surface area contributed by atoms with Gasteiger partial charge in [-0.05, 0) is 6.92 Å². The van der Waals surface area contributed by atoms with E-state index in [1.807, 2.05) is 44.1 Å². The van der Waals surface area contributed by atoms with E-state index in [9.17, 15) is 0 Å². The Hall–Kier alpha value is -1.18. The van der Waals surface area contributed by atoms with Gasteiger partial charge in [0.2, 0.25) is 0 Å². The van der Waals surface area contributed by atoms with E-state index < -0.39 is 0 Å². The minimum atomic E-state index is 0.883. The van der Waals surface area contributed by atoms with Crippen molar-refractivity contribution in [2.75, 3.05) is 14.1 Å². The van der Waals surface area contributed by atoms with Crippen LogP contribution in [0.5, 0.6) is 0 Å². The predicted molar refractivity (Wildman–Crippen MR) is 54.5 cm³/mol. The van der Waals surface area contributed by atoms with Crippen LogP contribution in [0, 0.1) is 0 Å². The second-order valence-corrected chi connectivity index (χ2v) is 2.71.